The van der Waals surface area contributed by atoms with E-state index in [2.05, 4.69) is 0 Å². The van der Waals surface area contributed by atoms with E-state index in [4.69, 9.17) is 9.84 Å². The third-order valence-corrected chi connectivity index (χ3v) is 2.96. The largest absolute Gasteiger partial charge is 0.491 e. The standard InChI is InChI=1S/C13H17NO3/c1-14-11-9-10(3-2-7-15)4-5-12(11)17-8-6-13(14)16/h4-5,9,15H,2-3,6-8H2,1H3. The second kappa shape index (κ2) is 5.19. The molecule has 0 atom stereocenters. The summed E-state index contributed by atoms with van der Waals surface area (Å²) in [6, 6.07) is 5.85. The van der Waals surface area contributed by atoms with Crippen molar-refractivity contribution < 1.29 is 14.6 Å². The number of anilines is 1. The van der Waals surface area contributed by atoms with E-state index < -0.39 is 0 Å². The minimum atomic E-state index is 0.0723. The fourth-order valence-electron chi connectivity index (χ4n) is 1.94. The zero-order chi connectivity index (χ0) is 12.3. The van der Waals surface area contributed by atoms with Crippen LogP contribution >= 0.6 is 0 Å². The number of rotatable bonds is 3. The molecular formula is C13H17NO3. The molecule has 1 amide bonds. The molecule has 92 valence electrons. The predicted molar refractivity (Wildman–Crippen MR) is 65.4 cm³/mol. The zero-order valence-corrected chi connectivity index (χ0v) is 9.98. The first-order chi connectivity index (χ1) is 8.22. The van der Waals surface area contributed by atoms with Crippen LogP contribution in [0.25, 0.3) is 0 Å². The van der Waals surface area contributed by atoms with Crippen molar-refractivity contribution in [2.45, 2.75) is 19.3 Å². The first-order valence-corrected chi connectivity index (χ1v) is 5.85. The molecule has 0 aliphatic carbocycles. The number of nitrogens with zero attached hydrogens (tertiary/aromatic N) is 1. The van der Waals surface area contributed by atoms with Gasteiger partial charge in [-0.25, -0.2) is 0 Å². The summed E-state index contributed by atoms with van der Waals surface area (Å²) in [6.07, 6.45) is 1.96. The molecule has 4 nitrogen and oxygen atoms in total. The maximum atomic E-state index is 11.7. The monoisotopic (exact) mass is 235 g/mol. The van der Waals surface area contributed by atoms with Gasteiger partial charge in [0.05, 0.1) is 18.7 Å². The topological polar surface area (TPSA) is 49.8 Å². The summed E-state index contributed by atoms with van der Waals surface area (Å²) in [6.45, 7) is 0.620. The lowest BCUT2D eigenvalue weighted by Gasteiger charge is -2.17. The van der Waals surface area contributed by atoms with Crippen LogP contribution in [-0.2, 0) is 11.2 Å². The highest BCUT2D eigenvalue weighted by molar-refractivity contribution is 5.95. The van der Waals surface area contributed by atoms with E-state index in [9.17, 15) is 4.79 Å². The Morgan fingerprint density at radius 3 is 3.06 bits per heavy atom. The van der Waals surface area contributed by atoms with Crippen molar-refractivity contribution in [3.63, 3.8) is 0 Å². The van der Waals surface area contributed by atoms with Crippen LogP contribution in [0.2, 0.25) is 0 Å². The van der Waals surface area contributed by atoms with Gasteiger partial charge >= 0.3 is 0 Å². The number of hydrogen-bond donors (Lipinski definition) is 1. The van der Waals surface area contributed by atoms with Crippen molar-refractivity contribution in [2.75, 3.05) is 25.2 Å². The van der Waals surface area contributed by atoms with Gasteiger partial charge in [-0.1, -0.05) is 6.07 Å². The van der Waals surface area contributed by atoms with Gasteiger partial charge in [0.1, 0.15) is 5.75 Å². The van der Waals surface area contributed by atoms with Crippen LogP contribution in [0.1, 0.15) is 18.4 Å². The number of fused-ring (bicyclic) bond motifs is 1. The smallest absolute Gasteiger partial charge is 0.230 e. The number of carbonyl (C=O) groups excluding carboxylic acids is 1. The van der Waals surface area contributed by atoms with Crippen molar-refractivity contribution in [1.29, 1.82) is 0 Å². The van der Waals surface area contributed by atoms with Gasteiger partial charge in [0.15, 0.2) is 0 Å². The van der Waals surface area contributed by atoms with Crippen LogP contribution in [0.3, 0.4) is 0 Å². The Kier molecular flexibility index (Phi) is 3.64. The lowest BCUT2D eigenvalue weighted by Crippen LogP contribution is -2.25. The molecule has 0 fully saturated rings. The van der Waals surface area contributed by atoms with E-state index in [-0.39, 0.29) is 12.5 Å². The van der Waals surface area contributed by atoms with Gasteiger partial charge in [-0.2, -0.15) is 0 Å². The molecule has 1 aliphatic rings. The van der Waals surface area contributed by atoms with E-state index in [1.807, 2.05) is 18.2 Å². The molecule has 0 bridgehead atoms. The minimum absolute atomic E-state index is 0.0723. The first-order valence-electron chi connectivity index (χ1n) is 5.85. The Hall–Kier alpha value is -1.55. The van der Waals surface area contributed by atoms with Crippen molar-refractivity contribution >= 4 is 11.6 Å². The first kappa shape index (κ1) is 11.9. The predicted octanol–water partition coefficient (Wildman–Crippen LogP) is 1.36. The quantitative estimate of drug-likeness (QED) is 0.860. The van der Waals surface area contributed by atoms with E-state index in [1.165, 1.54) is 0 Å². The van der Waals surface area contributed by atoms with Crippen LogP contribution in [0.4, 0.5) is 5.69 Å². The molecule has 0 unspecified atom stereocenters. The molecule has 1 aromatic carbocycles. The average Bonchev–Trinajstić information content (AvgIpc) is 2.48. The molecule has 0 radical (unpaired) electrons. The summed E-state index contributed by atoms with van der Waals surface area (Å²) in [5.41, 5.74) is 1.94. The molecule has 0 saturated carbocycles. The van der Waals surface area contributed by atoms with Crippen molar-refractivity contribution in [1.82, 2.24) is 0 Å². The Balaban J connectivity index is 2.28. The molecule has 1 heterocycles. The summed E-state index contributed by atoms with van der Waals surface area (Å²) >= 11 is 0. The van der Waals surface area contributed by atoms with E-state index in [0.29, 0.717) is 13.0 Å². The highest BCUT2D eigenvalue weighted by Crippen LogP contribution is 2.31. The summed E-state index contributed by atoms with van der Waals surface area (Å²) < 4.78 is 5.54. The summed E-state index contributed by atoms with van der Waals surface area (Å²) in [7, 11) is 1.77. The number of aliphatic hydroxyl groups excluding tert-OH is 1. The zero-order valence-electron chi connectivity index (χ0n) is 9.98. The molecule has 1 N–H and O–H groups in total. The lowest BCUT2D eigenvalue weighted by atomic mass is 10.1. The molecule has 1 aliphatic heterocycles. The lowest BCUT2D eigenvalue weighted by molar-refractivity contribution is -0.118. The van der Waals surface area contributed by atoms with Gasteiger partial charge < -0.3 is 14.7 Å². The fourth-order valence-corrected chi connectivity index (χ4v) is 1.94. The number of aryl methyl sites for hydroxylation is 1. The van der Waals surface area contributed by atoms with Crippen LogP contribution in [0.5, 0.6) is 5.75 Å². The Labute approximate surface area is 101 Å². The molecular weight excluding hydrogens is 218 g/mol. The van der Waals surface area contributed by atoms with Crippen molar-refractivity contribution in [3.05, 3.63) is 23.8 Å². The maximum Gasteiger partial charge on any atom is 0.230 e. The summed E-state index contributed by atoms with van der Waals surface area (Å²) in [5.74, 6) is 0.828. The second-order valence-corrected chi connectivity index (χ2v) is 4.18. The van der Waals surface area contributed by atoms with Gasteiger partial charge in [0.2, 0.25) is 5.91 Å². The van der Waals surface area contributed by atoms with Crippen molar-refractivity contribution in [2.24, 2.45) is 0 Å². The highest BCUT2D eigenvalue weighted by atomic mass is 16.5. The third-order valence-electron chi connectivity index (χ3n) is 2.96. The number of ether oxygens (including phenoxy) is 1. The minimum Gasteiger partial charge on any atom is -0.491 e. The Morgan fingerprint density at radius 2 is 2.29 bits per heavy atom. The van der Waals surface area contributed by atoms with Gasteiger partial charge in [-0.3, -0.25) is 4.79 Å². The Bertz CT molecular complexity index is 417. The van der Waals surface area contributed by atoms with Gasteiger partial charge in [-0.05, 0) is 30.5 Å². The number of benzene rings is 1. The highest BCUT2D eigenvalue weighted by Gasteiger charge is 2.19. The normalized spacial score (nSPS) is 15.2. The second-order valence-electron chi connectivity index (χ2n) is 4.18. The molecule has 0 spiro atoms. The summed E-state index contributed by atoms with van der Waals surface area (Å²) in [4.78, 5) is 13.4. The van der Waals surface area contributed by atoms with Gasteiger partial charge in [0.25, 0.3) is 0 Å². The molecule has 2 rings (SSSR count). The number of hydrogen-bond acceptors (Lipinski definition) is 3. The SMILES string of the molecule is CN1C(=O)CCOc2ccc(CCCO)cc21. The molecule has 0 aromatic heterocycles. The summed E-state index contributed by atoms with van der Waals surface area (Å²) in [5, 5.41) is 8.82. The van der Waals surface area contributed by atoms with Crippen molar-refractivity contribution in [3.8, 4) is 5.75 Å². The molecule has 17 heavy (non-hydrogen) atoms. The fraction of sp³-hybridized carbons (Fsp3) is 0.462. The average molecular weight is 235 g/mol. The van der Waals surface area contributed by atoms with Gasteiger partial charge in [-0.15, -0.1) is 0 Å². The van der Waals surface area contributed by atoms with Crippen LogP contribution in [-0.4, -0.2) is 31.3 Å². The number of carbonyl (C=O) groups is 1. The third kappa shape index (κ3) is 2.58. The van der Waals surface area contributed by atoms with E-state index >= 15 is 0 Å². The Morgan fingerprint density at radius 1 is 1.47 bits per heavy atom. The van der Waals surface area contributed by atoms with Crippen LogP contribution in [0.15, 0.2) is 18.2 Å². The van der Waals surface area contributed by atoms with E-state index in [0.717, 1.165) is 29.8 Å². The molecule has 0 saturated heterocycles. The van der Waals surface area contributed by atoms with Crippen LogP contribution in [0, 0.1) is 0 Å². The maximum absolute atomic E-state index is 11.7. The number of amides is 1. The molecule has 1 aromatic rings. The van der Waals surface area contributed by atoms with E-state index in [1.54, 1.807) is 11.9 Å². The van der Waals surface area contributed by atoms with Crippen LogP contribution < -0.4 is 9.64 Å². The molecule has 4 heteroatoms. The van der Waals surface area contributed by atoms with Gasteiger partial charge in [0, 0.05) is 13.7 Å². The number of aliphatic hydroxyl groups is 1.